The Morgan fingerprint density at radius 3 is 2.78 bits per heavy atom. The molecule has 4 heteroatoms. The van der Waals surface area contributed by atoms with Crippen LogP contribution in [0.4, 0.5) is 0 Å². The average Bonchev–Trinajstić information content (AvgIpc) is 2.15. The van der Waals surface area contributed by atoms with Gasteiger partial charge >= 0.3 is 0 Å². The van der Waals surface area contributed by atoms with Crippen molar-refractivity contribution in [2.45, 2.75) is 6.61 Å². The molecule has 0 unspecified atom stereocenters. The van der Waals surface area contributed by atoms with Crippen LogP contribution < -0.4 is 0 Å². The van der Waals surface area contributed by atoms with Crippen LogP contribution in [0.5, 0.6) is 0 Å². The highest BCUT2D eigenvalue weighted by Crippen LogP contribution is 2.12. The van der Waals surface area contributed by atoms with Crippen molar-refractivity contribution in [2.24, 2.45) is 7.05 Å². The lowest BCUT2D eigenvalue weighted by molar-refractivity contribution is 0.177. The summed E-state index contributed by atoms with van der Waals surface area (Å²) in [6.07, 6.45) is 1.48. The molecule has 9 heavy (non-hydrogen) atoms. The zero-order valence-electron chi connectivity index (χ0n) is 4.97. The molecule has 0 saturated heterocycles. The molecule has 0 spiro atoms. The van der Waals surface area contributed by atoms with E-state index in [1.54, 1.807) is 7.05 Å². The molecule has 0 aliphatic carbocycles. The molecule has 1 radical (unpaired) electrons. The Morgan fingerprint density at radius 1 is 1.89 bits per heavy atom. The van der Waals surface area contributed by atoms with Crippen molar-refractivity contribution in [1.29, 1.82) is 0 Å². The Kier molecular flexibility index (Phi) is 1.73. The summed E-state index contributed by atoms with van der Waals surface area (Å²) in [6, 6.07) is 0. The summed E-state index contributed by atoms with van der Waals surface area (Å²) in [5.74, 6) is 0. The molecular formula is C5H6ClN2O. The summed E-state index contributed by atoms with van der Waals surface area (Å²) in [7, 11) is 1.70. The van der Waals surface area contributed by atoms with Gasteiger partial charge in [-0.25, -0.2) is 5.11 Å². The van der Waals surface area contributed by atoms with Gasteiger partial charge < -0.3 is 0 Å². The second-order valence-electron chi connectivity index (χ2n) is 1.73. The quantitative estimate of drug-likeness (QED) is 0.581. The first-order valence-electron chi connectivity index (χ1n) is 2.50. The normalized spacial score (nSPS) is 10.1. The lowest BCUT2D eigenvalue weighted by Gasteiger charge is -1.89. The zero-order chi connectivity index (χ0) is 6.85. The second-order valence-corrected chi connectivity index (χ2v) is 2.09. The predicted molar refractivity (Wildman–Crippen MR) is 32.6 cm³/mol. The third-order valence-corrected chi connectivity index (χ3v) is 1.58. The second kappa shape index (κ2) is 2.37. The first kappa shape index (κ1) is 6.58. The van der Waals surface area contributed by atoms with E-state index in [0.29, 0.717) is 10.7 Å². The van der Waals surface area contributed by atoms with Crippen LogP contribution in [0.3, 0.4) is 0 Å². The maximum atomic E-state index is 10.2. The molecule has 0 atom stereocenters. The summed E-state index contributed by atoms with van der Waals surface area (Å²) in [6.45, 7) is -0.299. The highest BCUT2D eigenvalue weighted by Gasteiger charge is 2.02. The van der Waals surface area contributed by atoms with Crippen LogP contribution in [0.2, 0.25) is 5.15 Å². The summed E-state index contributed by atoms with van der Waals surface area (Å²) in [5, 5.41) is 14.4. The Bertz CT molecular complexity index is 209. The van der Waals surface area contributed by atoms with Gasteiger partial charge in [0.05, 0.1) is 6.20 Å². The first-order valence-corrected chi connectivity index (χ1v) is 2.88. The standard InChI is InChI=1S/C5H6ClN2O/c1-8-5(6)4(3-9)2-7-8/h2H,3H2,1H3. The van der Waals surface area contributed by atoms with E-state index in [2.05, 4.69) is 5.10 Å². The first-order chi connectivity index (χ1) is 4.25. The molecule has 1 aromatic rings. The van der Waals surface area contributed by atoms with E-state index in [1.165, 1.54) is 10.9 Å². The maximum Gasteiger partial charge on any atom is 0.132 e. The van der Waals surface area contributed by atoms with Gasteiger partial charge in [0, 0.05) is 12.6 Å². The van der Waals surface area contributed by atoms with Crippen molar-refractivity contribution in [3.63, 3.8) is 0 Å². The maximum absolute atomic E-state index is 10.2. The average molecular weight is 146 g/mol. The number of hydrogen-bond donors (Lipinski definition) is 0. The van der Waals surface area contributed by atoms with Crippen LogP contribution in [-0.4, -0.2) is 9.78 Å². The van der Waals surface area contributed by atoms with Crippen LogP contribution in [0.1, 0.15) is 5.56 Å². The number of aromatic nitrogens is 2. The molecule has 0 aromatic carbocycles. The van der Waals surface area contributed by atoms with Gasteiger partial charge in [-0.2, -0.15) is 5.10 Å². The number of rotatable bonds is 1. The Morgan fingerprint density at radius 2 is 2.56 bits per heavy atom. The van der Waals surface area contributed by atoms with Crippen LogP contribution in [0.25, 0.3) is 0 Å². The zero-order valence-corrected chi connectivity index (χ0v) is 5.72. The minimum absolute atomic E-state index is 0.299. The molecule has 1 aromatic heterocycles. The highest BCUT2D eigenvalue weighted by atomic mass is 35.5. The van der Waals surface area contributed by atoms with E-state index >= 15 is 0 Å². The van der Waals surface area contributed by atoms with Gasteiger partial charge in [-0.05, 0) is 0 Å². The van der Waals surface area contributed by atoms with Crippen molar-refractivity contribution >= 4 is 11.6 Å². The summed E-state index contributed by atoms with van der Waals surface area (Å²) in [4.78, 5) is 0. The minimum atomic E-state index is -0.299. The Labute approximate surface area is 57.9 Å². The van der Waals surface area contributed by atoms with E-state index in [9.17, 15) is 5.11 Å². The number of halogens is 1. The van der Waals surface area contributed by atoms with Gasteiger partial charge in [-0.1, -0.05) is 11.6 Å². The molecule has 0 amide bonds. The fourth-order valence-corrected chi connectivity index (χ4v) is 0.712. The lowest BCUT2D eigenvalue weighted by Crippen LogP contribution is -1.88. The predicted octanol–water partition coefficient (Wildman–Crippen LogP) is 1.00. The van der Waals surface area contributed by atoms with Gasteiger partial charge in [-0.15, -0.1) is 0 Å². The molecule has 0 aliphatic heterocycles. The van der Waals surface area contributed by atoms with E-state index < -0.39 is 0 Å². The Hall–Kier alpha value is -0.540. The largest absolute Gasteiger partial charge is 0.257 e. The topological polar surface area (TPSA) is 37.7 Å². The molecule has 49 valence electrons. The van der Waals surface area contributed by atoms with Gasteiger partial charge in [-0.3, -0.25) is 4.68 Å². The molecule has 1 heterocycles. The van der Waals surface area contributed by atoms with E-state index in [1.807, 2.05) is 0 Å². The molecular weight excluding hydrogens is 140 g/mol. The van der Waals surface area contributed by atoms with Crippen molar-refractivity contribution in [3.05, 3.63) is 16.9 Å². The van der Waals surface area contributed by atoms with E-state index in [4.69, 9.17) is 11.6 Å². The molecule has 0 fully saturated rings. The molecule has 0 aliphatic rings. The summed E-state index contributed by atoms with van der Waals surface area (Å²) >= 11 is 5.61. The molecule has 0 N–H and O–H groups in total. The van der Waals surface area contributed by atoms with Gasteiger partial charge in [0.15, 0.2) is 0 Å². The molecule has 0 saturated carbocycles. The van der Waals surface area contributed by atoms with Gasteiger partial charge in [0.25, 0.3) is 0 Å². The molecule has 3 nitrogen and oxygen atoms in total. The van der Waals surface area contributed by atoms with Crippen LogP contribution >= 0.6 is 11.6 Å². The highest BCUT2D eigenvalue weighted by molar-refractivity contribution is 6.30. The molecule has 0 bridgehead atoms. The fourth-order valence-electron chi connectivity index (χ4n) is 0.565. The van der Waals surface area contributed by atoms with Gasteiger partial charge in [0.1, 0.15) is 11.8 Å². The summed E-state index contributed by atoms with van der Waals surface area (Å²) < 4.78 is 1.47. The van der Waals surface area contributed by atoms with Crippen molar-refractivity contribution in [1.82, 2.24) is 9.78 Å². The van der Waals surface area contributed by atoms with Gasteiger partial charge in [0.2, 0.25) is 0 Å². The summed E-state index contributed by atoms with van der Waals surface area (Å²) in [5.41, 5.74) is 0.555. The van der Waals surface area contributed by atoms with Crippen LogP contribution in [0.15, 0.2) is 6.20 Å². The van der Waals surface area contributed by atoms with E-state index in [-0.39, 0.29) is 6.61 Å². The van der Waals surface area contributed by atoms with Crippen LogP contribution in [0, 0.1) is 0 Å². The van der Waals surface area contributed by atoms with Crippen molar-refractivity contribution in [2.75, 3.05) is 0 Å². The smallest absolute Gasteiger partial charge is 0.132 e. The van der Waals surface area contributed by atoms with Crippen molar-refractivity contribution < 1.29 is 5.11 Å². The Balaban J connectivity index is 3.04. The number of nitrogens with zero attached hydrogens (tertiary/aromatic N) is 2. The number of hydrogen-bond acceptors (Lipinski definition) is 1. The minimum Gasteiger partial charge on any atom is -0.257 e. The van der Waals surface area contributed by atoms with Crippen molar-refractivity contribution in [3.8, 4) is 0 Å². The number of aryl methyl sites for hydroxylation is 1. The monoisotopic (exact) mass is 145 g/mol. The van der Waals surface area contributed by atoms with E-state index in [0.717, 1.165) is 0 Å². The van der Waals surface area contributed by atoms with Crippen LogP contribution in [-0.2, 0) is 18.8 Å². The lowest BCUT2D eigenvalue weighted by atomic mass is 10.4. The SMILES string of the molecule is Cn1ncc(C[O])c1Cl. The fraction of sp³-hybridized carbons (Fsp3) is 0.400. The molecule has 1 rings (SSSR count). The third-order valence-electron chi connectivity index (χ3n) is 1.09. The third kappa shape index (κ3) is 1.06.